The maximum atomic E-state index is 13.0. The molecular formula is C14H13FN2O3. The van der Waals surface area contributed by atoms with Gasteiger partial charge in [0.25, 0.3) is 5.91 Å². The summed E-state index contributed by atoms with van der Waals surface area (Å²) >= 11 is 0. The number of methoxy groups -OCH3 is 2. The second-order valence-electron chi connectivity index (χ2n) is 3.92. The third kappa shape index (κ3) is 3.23. The van der Waals surface area contributed by atoms with Gasteiger partial charge in [0, 0.05) is 41.7 Å². The number of aromatic nitrogens is 1. The minimum Gasteiger partial charge on any atom is -0.497 e. The monoisotopic (exact) mass is 276 g/mol. The first-order chi connectivity index (χ1) is 9.62. The Kier molecular flexibility index (Phi) is 4.14. The maximum Gasteiger partial charge on any atom is 0.255 e. The van der Waals surface area contributed by atoms with Gasteiger partial charge in [-0.1, -0.05) is 0 Å². The molecule has 0 aliphatic heterocycles. The van der Waals surface area contributed by atoms with E-state index in [1.807, 2.05) is 0 Å². The van der Waals surface area contributed by atoms with Crippen molar-refractivity contribution in [3.63, 3.8) is 0 Å². The molecule has 0 saturated heterocycles. The standard InChI is InChI=1S/C14H13FN2O3/c1-19-11-6-10(7-12(8-11)20-2)17-14(18)9-3-4-16-13(15)5-9/h3-8H,1-2H3,(H,17,18). The van der Waals surface area contributed by atoms with Crippen LogP contribution in [0.1, 0.15) is 10.4 Å². The Hall–Kier alpha value is -2.63. The summed E-state index contributed by atoms with van der Waals surface area (Å²) in [5.74, 6) is -0.0661. The van der Waals surface area contributed by atoms with Gasteiger partial charge in [0.15, 0.2) is 0 Å². The molecule has 0 radical (unpaired) electrons. The van der Waals surface area contributed by atoms with Gasteiger partial charge in [0.05, 0.1) is 14.2 Å². The Labute approximate surface area is 115 Å². The van der Waals surface area contributed by atoms with Crippen LogP contribution in [0.15, 0.2) is 36.5 Å². The van der Waals surface area contributed by atoms with Crippen molar-refractivity contribution in [3.8, 4) is 11.5 Å². The van der Waals surface area contributed by atoms with Gasteiger partial charge in [-0.3, -0.25) is 4.79 Å². The topological polar surface area (TPSA) is 60.5 Å². The number of rotatable bonds is 4. The van der Waals surface area contributed by atoms with Crippen LogP contribution in [0.5, 0.6) is 11.5 Å². The highest BCUT2D eigenvalue weighted by Gasteiger charge is 2.09. The molecule has 20 heavy (non-hydrogen) atoms. The molecule has 0 aliphatic carbocycles. The van der Waals surface area contributed by atoms with Gasteiger partial charge in [0.1, 0.15) is 11.5 Å². The van der Waals surface area contributed by atoms with E-state index in [4.69, 9.17) is 9.47 Å². The van der Waals surface area contributed by atoms with Gasteiger partial charge in [-0.25, -0.2) is 4.98 Å². The normalized spacial score (nSPS) is 9.95. The molecule has 0 saturated carbocycles. The fourth-order valence-electron chi connectivity index (χ4n) is 1.63. The van der Waals surface area contributed by atoms with E-state index in [1.165, 1.54) is 26.5 Å². The van der Waals surface area contributed by atoms with E-state index >= 15 is 0 Å². The number of pyridine rings is 1. The fraction of sp³-hybridized carbons (Fsp3) is 0.143. The number of hydrogen-bond donors (Lipinski definition) is 1. The fourth-order valence-corrected chi connectivity index (χ4v) is 1.63. The van der Waals surface area contributed by atoms with Gasteiger partial charge < -0.3 is 14.8 Å². The summed E-state index contributed by atoms with van der Waals surface area (Å²) in [6, 6.07) is 7.44. The van der Waals surface area contributed by atoms with E-state index in [1.54, 1.807) is 18.2 Å². The molecule has 2 aromatic rings. The zero-order valence-electron chi connectivity index (χ0n) is 11.0. The van der Waals surface area contributed by atoms with Gasteiger partial charge in [0.2, 0.25) is 5.95 Å². The van der Waals surface area contributed by atoms with Crippen LogP contribution in [0.25, 0.3) is 0 Å². The van der Waals surface area contributed by atoms with E-state index in [2.05, 4.69) is 10.3 Å². The minimum absolute atomic E-state index is 0.180. The highest BCUT2D eigenvalue weighted by atomic mass is 19.1. The van der Waals surface area contributed by atoms with Crippen molar-refractivity contribution >= 4 is 11.6 Å². The summed E-state index contributed by atoms with van der Waals surface area (Å²) in [5, 5.41) is 2.64. The molecule has 2 rings (SSSR count). The van der Waals surface area contributed by atoms with Gasteiger partial charge in [-0.2, -0.15) is 4.39 Å². The molecular weight excluding hydrogens is 263 g/mol. The lowest BCUT2D eigenvalue weighted by Gasteiger charge is -2.09. The number of amides is 1. The quantitative estimate of drug-likeness (QED) is 0.871. The van der Waals surface area contributed by atoms with Gasteiger partial charge >= 0.3 is 0 Å². The van der Waals surface area contributed by atoms with Crippen LogP contribution in [-0.2, 0) is 0 Å². The Balaban J connectivity index is 2.23. The predicted molar refractivity (Wildman–Crippen MR) is 71.7 cm³/mol. The largest absolute Gasteiger partial charge is 0.497 e. The molecule has 6 heteroatoms. The molecule has 0 atom stereocenters. The lowest BCUT2D eigenvalue weighted by Crippen LogP contribution is -2.12. The second kappa shape index (κ2) is 6.01. The number of carbonyl (C=O) groups excluding carboxylic acids is 1. The average Bonchev–Trinajstić information content (AvgIpc) is 2.46. The van der Waals surface area contributed by atoms with Crippen LogP contribution in [0, 0.1) is 5.95 Å². The highest BCUT2D eigenvalue weighted by molar-refractivity contribution is 6.04. The van der Waals surface area contributed by atoms with Gasteiger partial charge in [-0.05, 0) is 6.07 Å². The summed E-state index contributed by atoms with van der Waals surface area (Å²) in [6.45, 7) is 0. The van der Waals surface area contributed by atoms with Crippen molar-refractivity contribution in [2.45, 2.75) is 0 Å². The number of carbonyl (C=O) groups is 1. The van der Waals surface area contributed by atoms with Crippen LogP contribution >= 0.6 is 0 Å². The molecule has 1 aromatic heterocycles. The molecule has 0 spiro atoms. The van der Waals surface area contributed by atoms with E-state index in [-0.39, 0.29) is 5.56 Å². The van der Waals surface area contributed by atoms with Crippen LogP contribution in [-0.4, -0.2) is 25.1 Å². The first-order valence-corrected chi connectivity index (χ1v) is 5.78. The third-order valence-corrected chi connectivity index (χ3v) is 2.60. The van der Waals surface area contributed by atoms with Crippen molar-refractivity contribution < 1.29 is 18.7 Å². The van der Waals surface area contributed by atoms with Gasteiger partial charge in [-0.15, -0.1) is 0 Å². The third-order valence-electron chi connectivity index (χ3n) is 2.60. The van der Waals surface area contributed by atoms with Crippen molar-refractivity contribution in [3.05, 3.63) is 48.0 Å². The summed E-state index contributed by atoms with van der Waals surface area (Å²) in [6.07, 6.45) is 1.23. The first-order valence-electron chi connectivity index (χ1n) is 5.78. The van der Waals surface area contributed by atoms with E-state index in [0.717, 1.165) is 6.07 Å². The van der Waals surface area contributed by atoms with Crippen LogP contribution in [0.4, 0.5) is 10.1 Å². The van der Waals surface area contributed by atoms with Crippen molar-refractivity contribution in [1.29, 1.82) is 0 Å². The van der Waals surface area contributed by atoms with Crippen molar-refractivity contribution in [1.82, 2.24) is 4.98 Å². The van der Waals surface area contributed by atoms with Crippen LogP contribution in [0.2, 0.25) is 0 Å². The predicted octanol–water partition coefficient (Wildman–Crippen LogP) is 2.49. The molecule has 1 aromatic carbocycles. The lowest BCUT2D eigenvalue weighted by molar-refractivity contribution is 0.102. The minimum atomic E-state index is -0.708. The summed E-state index contributed by atoms with van der Waals surface area (Å²) in [4.78, 5) is 15.4. The number of halogens is 1. The molecule has 1 N–H and O–H groups in total. The molecule has 1 heterocycles. The smallest absolute Gasteiger partial charge is 0.255 e. The number of nitrogens with one attached hydrogen (secondary N) is 1. The Bertz CT molecular complexity index is 609. The molecule has 0 bridgehead atoms. The molecule has 0 fully saturated rings. The van der Waals surface area contributed by atoms with Crippen molar-refractivity contribution in [2.24, 2.45) is 0 Å². The zero-order valence-corrected chi connectivity index (χ0v) is 11.0. The first kappa shape index (κ1) is 13.8. The number of hydrogen-bond acceptors (Lipinski definition) is 4. The zero-order chi connectivity index (χ0) is 14.5. The molecule has 0 unspecified atom stereocenters. The van der Waals surface area contributed by atoms with E-state index < -0.39 is 11.9 Å². The lowest BCUT2D eigenvalue weighted by atomic mass is 10.2. The summed E-state index contributed by atoms with van der Waals surface area (Å²) < 4.78 is 23.2. The number of ether oxygens (including phenoxy) is 2. The average molecular weight is 276 g/mol. The Morgan fingerprint density at radius 3 is 2.35 bits per heavy atom. The highest BCUT2D eigenvalue weighted by Crippen LogP contribution is 2.26. The van der Waals surface area contributed by atoms with Crippen molar-refractivity contribution in [2.75, 3.05) is 19.5 Å². The van der Waals surface area contributed by atoms with E-state index in [0.29, 0.717) is 17.2 Å². The molecule has 5 nitrogen and oxygen atoms in total. The SMILES string of the molecule is COc1cc(NC(=O)c2ccnc(F)c2)cc(OC)c1. The number of nitrogens with zero attached hydrogens (tertiary/aromatic N) is 1. The second-order valence-corrected chi connectivity index (χ2v) is 3.92. The molecule has 0 aliphatic rings. The molecule has 104 valence electrons. The van der Waals surface area contributed by atoms with Crippen LogP contribution < -0.4 is 14.8 Å². The number of anilines is 1. The number of benzene rings is 1. The van der Waals surface area contributed by atoms with Crippen LogP contribution in [0.3, 0.4) is 0 Å². The van der Waals surface area contributed by atoms with E-state index in [9.17, 15) is 9.18 Å². The Morgan fingerprint density at radius 2 is 1.80 bits per heavy atom. The maximum absolute atomic E-state index is 13.0. The summed E-state index contributed by atoms with van der Waals surface area (Å²) in [7, 11) is 3.03. The molecule has 1 amide bonds. The Morgan fingerprint density at radius 1 is 1.15 bits per heavy atom. The summed E-state index contributed by atoms with van der Waals surface area (Å²) in [5.41, 5.74) is 0.669.